The highest BCUT2D eigenvalue weighted by molar-refractivity contribution is 5.83. The summed E-state index contributed by atoms with van der Waals surface area (Å²) < 4.78 is 5.28. The van der Waals surface area contributed by atoms with E-state index in [1.165, 1.54) is 0 Å². The molecule has 2 aliphatic heterocycles. The lowest BCUT2D eigenvalue weighted by atomic mass is 10.0. The van der Waals surface area contributed by atoms with Crippen LogP contribution in [-0.2, 0) is 9.53 Å². The van der Waals surface area contributed by atoms with Crippen molar-refractivity contribution in [2.75, 3.05) is 46.4 Å². The number of ketones is 1. The maximum absolute atomic E-state index is 12.1. The Morgan fingerprint density at radius 2 is 2.24 bits per heavy atom. The Kier molecular flexibility index (Phi) is 4.54. The average molecular weight is 240 g/mol. The zero-order valence-electron chi connectivity index (χ0n) is 11.0. The third kappa shape index (κ3) is 3.27. The van der Waals surface area contributed by atoms with Crippen LogP contribution in [0.1, 0.15) is 19.8 Å². The zero-order valence-corrected chi connectivity index (χ0v) is 11.0. The Balaban J connectivity index is 1.80. The van der Waals surface area contributed by atoms with Crippen LogP contribution < -0.4 is 0 Å². The van der Waals surface area contributed by atoms with E-state index in [1.807, 2.05) is 0 Å². The summed E-state index contributed by atoms with van der Waals surface area (Å²) in [5, 5.41) is 0. The molecule has 0 bridgehead atoms. The number of hydrogen-bond acceptors (Lipinski definition) is 4. The van der Waals surface area contributed by atoms with Crippen LogP contribution in [-0.4, -0.2) is 68.1 Å². The Morgan fingerprint density at radius 1 is 1.41 bits per heavy atom. The summed E-state index contributed by atoms with van der Waals surface area (Å²) in [6.07, 6.45) is 2.08. The predicted molar refractivity (Wildman–Crippen MR) is 67.1 cm³/mol. The molecule has 0 aromatic heterocycles. The molecule has 17 heavy (non-hydrogen) atoms. The number of Topliss-reactive ketones (excluding diaryl/α,β-unsaturated/α-hetero) is 1. The van der Waals surface area contributed by atoms with Gasteiger partial charge in [-0.05, 0) is 19.9 Å². The number of rotatable bonds is 4. The summed E-state index contributed by atoms with van der Waals surface area (Å²) in [6.45, 7) is 7.38. The Labute approximate surface area is 104 Å². The van der Waals surface area contributed by atoms with Crippen molar-refractivity contribution in [3.8, 4) is 0 Å². The lowest BCUT2D eigenvalue weighted by Gasteiger charge is -2.39. The number of carbonyl (C=O) groups is 1. The fourth-order valence-corrected chi connectivity index (χ4v) is 2.73. The maximum atomic E-state index is 12.1. The van der Waals surface area contributed by atoms with Crippen molar-refractivity contribution in [2.45, 2.75) is 25.8 Å². The summed E-state index contributed by atoms with van der Waals surface area (Å²) in [6, 6.07) is 0.608. The molecule has 0 aromatic carbocycles. The third-order valence-electron chi connectivity index (χ3n) is 4.10. The summed E-state index contributed by atoms with van der Waals surface area (Å²) in [4.78, 5) is 16.8. The van der Waals surface area contributed by atoms with Crippen LogP contribution in [0.25, 0.3) is 0 Å². The normalized spacial score (nSPS) is 31.9. The highest BCUT2D eigenvalue weighted by Crippen LogP contribution is 2.16. The third-order valence-corrected chi connectivity index (χ3v) is 4.10. The standard InChI is InChI=1S/C13H24N2O2/c1-3-12-8-15(6-5-14(12)2)9-13(16)11-4-7-17-10-11/h11-12H,3-10H2,1-2H3. The fourth-order valence-electron chi connectivity index (χ4n) is 2.73. The van der Waals surface area contributed by atoms with Crippen LogP contribution in [0.2, 0.25) is 0 Å². The summed E-state index contributed by atoms with van der Waals surface area (Å²) in [5.74, 6) is 0.539. The van der Waals surface area contributed by atoms with E-state index < -0.39 is 0 Å². The molecule has 0 radical (unpaired) electrons. The molecule has 0 amide bonds. The van der Waals surface area contributed by atoms with E-state index in [9.17, 15) is 4.79 Å². The largest absolute Gasteiger partial charge is 0.381 e. The average Bonchev–Trinajstić information content (AvgIpc) is 2.85. The summed E-state index contributed by atoms with van der Waals surface area (Å²) in [5.41, 5.74) is 0. The van der Waals surface area contributed by atoms with Crippen molar-refractivity contribution < 1.29 is 9.53 Å². The number of hydrogen-bond donors (Lipinski definition) is 0. The van der Waals surface area contributed by atoms with Crippen LogP contribution in [0.15, 0.2) is 0 Å². The van der Waals surface area contributed by atoms with Gasteiger partial charge in [0.05, 0.1) is 13.2 Å². The molecule has 2 unspecified atom stereocenters. The molecule has 2 aliphatic rings. The second-order valence-corrected chi connectivity index (χ2v) is 5.30. The number of carbonyl (C=O) groups excluding carboxylic acids is 1. The molecule has 4 heteroatoms. The second-order valence-electron chi connectivity index (χ2n) is 5.30. The van der Waals surface area contributed by atoms with Gasteiger partial charge in [-0.3, -0.25) is 9.69 Å². The van der Waals surface area contributed by atoms with Gasteiger partial charge in [-0.25, -0.2) is 0 Å². The monoisotopic (exact) mass is 240 g/mol. The van der Waals surface area contributed by atoms with Crippen molar-refractivity contribution in [2.24, 2.45) is 5.92 Å². The van der Waals surface area contributed by atoms with Crippen LogP contribution >= 0.6 is 0 Å². The lowest BCUT2D eigenvalue weighted by Crippen LogP contribution is -2.52. The van der Waals surface area contributed by atoms with Gasteiger partial charge in [0.25, 0.3) is 0 Å². The van der Waals surface area contributed by atoms with Gasteiger partial charge in [-0.1, -0.05) is 6.92 Å². The van der Waals surface area contributed by atoms with E-state index in [4.69, 9.17) is 4.74 Å². The molecule has 4 nitrogen and oxygen atoms in total. The summed E-state index contributed by atoms with van der Waals surface area (Å²) >= 11 is 0. The minimum atomic E-state index is 0.162. The molecular weight excluding hydrogens is 216 g/mol. The SMILES string of the molecule is CCC1CN(CC(=O)C2CCOC2)CCN1C. The van der Waals surface area contributed by atoms with Crippen LogP contribution in [0.3, 0.4) is 0 Å². The van der Waals surface area contributed by atoms with E-state index >= 15 is 0 Å². The van der Waals surface area contributed by atoms with Crippen molar-refractivity contribution >= 4 is 5.78 Å². The molecule has 0 N–H and O–H groups in total. The first-order valence-corrected chi connectivity index (χ1v) is 6.73. The number of nitrogens with zero attached hydrogens (tertiary/aromatic N) is 2. The molecule has 2 fully saturated rings. The number of ether oxygens (including phenoxy) is 1. The first kappa shape index (κ1) is 13.0. The van der Waals surface area contributed by atoms with Gasteiger partial charge in [0, 0.05) is 38.2 Å². The predicted octanol–water partition coefficient (Wildman–Crippen LogP) is 0.618. The van der Waals surface area contributed by atoms with Crippen LogP contribution in [0, 0.1) is 5.92 Å². The number of piperazine rings is 1. The van der Waals surface area contributed by atoms with Gasteiger partial charge in [0.15, 0.2) is 5.78 Å². The molecular formula is C13H24N2O2. The van der Waals surface area contributed by atoms with Gasteiger partial charge in [0.2, 0.25) is 0 Å². The number of likely N-dealkylation sites (N-methyl/N-ethyl adjacent to an activating group) is 1. The highest BCUT2D eigenvalue weighted by Gasteiger charge is 2.28. The van der Waals surface area contributed by atoms with E-state index in [1.54, 1.807) is 0 Å². The topological polar surface area (TPSA) is 32.8 Å². The molecule has 2 atom stereocenters. The second kappa shape index (κ2) is 5.94. The minimum absolute atomic E-state index is 0.162. The first-order valence-electron chi connectivity index (χ1n) is 6.73. The van der Waals surface area contributed by atoms with Gasteiger partial charge >= 0.3 is 0 Å². The molecule has 0 saturated carbocycles. The zero-order chi connectivity index (χ0) is 12.3. The van der Waals surface area contributed by atoms with Crippen molar-refractivity contribution in [1.29, 1.82) is 0 Å². The van der Waals surface area contributed by atoms with Crippen molar-refractivity contribution in [1.82, 2.24) is 9.80 Å². The molecule has 0 aliphatic carbocycles. The van der Waals surface area contributed by atoms with Gasteiger partial charge in [0.1, 0.15) is 0 Å². The maximum Gasteiger partial charge on any atom is 0.152 e. The fraction of sp³-hybridized carbons (Fsp3) is 0.923. The van der Waals surface area contributed by atoms with Gasteiger partial charge in [-0.15, -0.1) is 0 Å². The van der Waals surface area contributed by atoms with Crippen LogP contribution in [0.4, 0.5) is 0 Å². The Hall–Kier alpha value is -0.450. The smallest absolute Gasteiger partial charge is 0.152 e. The molecule has 0 aromatic rings. The quantitative estimate of drug-likeness (QED) is 0.721. The van der Waals surface area contributed by atoms with Crippen molar-refractivity contribution in [3.63, 3.8) is 0 Å². The van der Waals surface area contributed by atoms with Gasteiger partial charge < -0.3 is 9.64 Å². The minimum Gasteiger partial charge on any atom is -0.381 e. The van der Waals surface area contributed by atoms with E-state index in [0.29, 0.717) is 25.0 Å². The lowest BCUT2D eigenvalue weighted by molar-refractivity contribution is -0.124. The van der Waals surface area contributed by atoms with E-state index in [-0.39, 0.29) is 5.92 Å². The van der Waals surface area contributed by atoms with Gasteiger partial charge in [-0.2, -0.15) is 0 Å². The molecule has 98 valence electrons. The Bertz CT molecular complexity index is 264. The van der Waals surface area contributed by atoms with E-state index in [0.717, 1.165) is 39.1 Å². The van der Waals surface area contributed by atoms with E-state index in [2.05, 4.69) is 23.8 Å². The summed E-state index contributed by atoms with van der Waals surface area (Å²) in [7, 11) is 2.18. The first-order chi connectivity index (χ1) is 8.20. The van der Waals surface area contributed by atoms with Crippen LogP contribution in [0.5, 0.6) is 0 Å². The molecule has 0 spiro atoms. The van der Waals surface area contributed by atoms with Crippen molar-refractivity contribution in [3.05, 3.63) is 0 Å². The molecule has 2 rings (SSSR count). The molecule has 2 heterocycles. The highest BCUT2D eigenvalue weighted by atomic mass is 16.5. The molecule has 2 saturated heterocycles. The Morgan fingerprint density at radius 3 is 2.88 bits per heavy atom.